The van der Waals surface area contributed by atoms with E-state index in [4.69, 9.17) is 16.7 Å². The summed E-state index contributed by atoms with van der Waals surface area (Å²) in [4.78, 5) is 15.0. The van der Waals surface area contributed by atoms with Crippen LogP contribution in [0.3, 0.4) is 0 Å². The van der Waals surface area contributed by atoms with E-state index in [1.807, 2.05) is 0 Å². The predicted octanol–water partition coefficient (Wildman–Crippen LogP) is 2.89. The lowest BCUT2D eigenvalue weighted by atomic mass is 10.1. The highest BCUT2D eigenvalue weighted by molar-refractivity contribution is 6.33. The SMILES string of the molecule is O=C(O)c1cnc2ccc(-c3c(F)cccc3Cl)nn12. The van der Waals surface area contributed by atoms with Crippen LogP contribution < -0.4 is 0 Å². The van der Waals surface area contributed by atoms with Crippen molar-refractivity contribution in [3.8, 4) is 11.3 Å². The van der Waals surface area contributed by atoms with Crippen molar-refractivity contribution < 1.29 is 14.3 Å². The van der Waals surface area contributed by atoms with Crippen LogP contribution in [0.4, 0.5) is 4.39 Å². The molecule has 0 radical (unpaired) electrons. The average Bonchev–Trinajstić information content (AvgIpc) is 2.81. The number of carboxylic acids is 1. The number of benzene rings is 1. The molecule has 20 heavy (non-hydrogen) atoms. The van der Waals surface area contributed by atoms with E-state index < -0.39 is 11.8 Å². The Bertz CT molecular complexity index is 811. The standard InChI is InChI=1S/C13H7ClFN3O2/c14-7-2-1-3-8(15)12(7)9-4-5-11-16-6-10(13(19)20)18(11)17-9/h1-6H,(H,19,20). The van der Waals surface area contributed by atoms with Crippen LogP contribution in [0.25, 0.3) is 16.9 Å². The number of nitrogens with zero attached hydrogens (tertiary/aromatic N) is 3. The molecule has 2 aromatic heterocycles. The Morgan fingerprint density at radius 1 is 1.30 bits per heavy atom. The van der Waals surface area contributed by atoms with Gasteiger partial charge < -0.3 is 5.11 Å². The van der Waals surface area contributed by atoms with Crippen LogP contribution in [0.1, 0.15) is 10.5 Å². The number of hydrogen-bond donors (Lipinski definition) is 1. The largest absolute Gasteiger partial charge is 0.476 e. The molecule has 0 atom stereocenters. The second kappa shape index (κ2) is 4.57. The summed E-state index contributed by atoms with van der Waals surface area (Å²) >= 11 is 5.97. The van der Waals surface area contributed by atoms with Gasteiger partial charge in [0.25, 0.3) is 0 Å². The lowest BCUT2D eigenvalue weighted by Crippen LogP contribution is -2.05. The first-order valence-electron chi connectivity index (χ1n) is 5.60. The molecule has 0 fully saturated rings. The summed E-state index contributed by atoms with van der Waals surface area (Å²) in [5, 5.41) is 13.3. The molecule has 0 unspecified atom stereocenters. The fourth-order valence-corrected chi connectivity index (χ4v) is 2.15. The van der Waals surface area contributed by atoms with Crippen LogP contribution >= 0.6 is 11.6 Å². The summed E-state index contributed by atoms with van der Waals surface area (Å²) in [6.45, 7) is 0. The van der Waals surface area contributed by atoms with Crippen LogP contribution in [-0.4, -0.2) is 25.7 Å². The second-order valence-corrected chi connectivity index (χ2v) is 4.44. The molecular formula is C13H7ClFN3O2. The van der Waals surface area contributed by atoms with Crippen LogP contribution in [0.2, 0.25) is 5.02 Å². The molecule has 0 aliphatic rings. The molecule has 3 rings (SSSR count). The highest BCUT2D eigenvalue weighted by atomic mass is 35.5. The molecule has 0 aliphatic carbocycles. The Kier molecular flexibility index (Phi) is 2.87. The molecule has 0 aliphatic heterocycles. The van der Waals surface area contributed by atoms with Gasteiger partial charge in [-0.1, -0.05) is 17.7 Å². The van der Waals surface area contributed by atoms with E-state index in [0.29, 0.717) is 5.65 Å². The summed E-state index contributed by atoms with van der Waals surface area (Å²) in [5.41, 5.74) is 0.620. The van der Waals surface area contributed by atoms with Crippen LogP contribution in [0, 0.1) is 5.82 Å². The zero-order valence-corrected chi connectivity index (χ0v) is 10.7. The molecular weight excluding hydrogens is 285 g/mol. The maximum atomic E-state index is 13.9. The average molecular weight is 292 g/mol. The summed E-state index contributed by atoms with van der Waals surface area (Å²) < 4.78 is 15.0. The van der Waals surface area contributed by atoms with Crippen LogP contribution in [-0.2, 0) is 0 Å². The summed E-state index contributed by atoms with van der Waals surface area (Å²) in [5.74, 6) is -1.69. The van der Waals surface area contributed by atoms with Gasteiger partial charge >= 0.3 is 5.97 Å². The number of halogens is 2. The highest BCUT2D eigenvalue weighted by Gasteiger charge is 2.15. The van der Waals surface area contributed by atoms with E-state index in [0.717, 1.165) is 4.52 Å². The first-order valence-corrected chi connectivity index (χ1v) is 5.98. The lowest BCUT2D eigenvalue weighted by molar-refractivity contribution is 0.0688. The third-order valence-electron chi connectivity index (χ3n) is 2.80. The topological polar surface area (TPSA) is 67.5 Å². The Labute approximate surface area is 117 Å². The molecule has 5 nitrogen and oxygen atoms in total. The maximum Gasteiger partial charge on any atom is 0.356 e. The summed E-state index contributed by atoms with van der Waals surface area (Å²) in [6.07, 6.45) is 1.19. The van der Waals surface area contributed by atoms with Crippen molar-refractivity contribution in [2.75, 3.05) is 0 Å². The van der Waals surface area contributed by atoms with Gasteiger partial charge in [0.15, 0.2) is 11.3 Å². The van der Waals surface area contributed by atoms with Gasteiger partial charge in [-0.3, -0.25) is 0 Å². The monoisotopic (exact) mass is 291 g/mol. The molecule has 0 amide bonds. The number of carboxylic acid groups (broad SMARTS) is 1. The predicted molar refractivity (Wildman–Crippen MR) is 70.4 cm³/mol. The Morgan fingerprint density at radius 3 is 2.80 bits per heavy atom. The molecule has 100 valence electrons. The normalized spacial score (nSPS) is 10.9. The van der Waals surface area contributed by atoms with E-state index in [-0.39, 0.29) is 22.0 Å². The number of fused-ring (bicyclic) bond motifs is 1. The number of carbonyl (C=O) groups is 1. The van der Waals surface area contributed by atoms with Crippen molar-refractivity contribution in [3.63, 3.8) is 0 Å². The van der Waals surface area contributed by atoms with Crippen LogP contribution in [0.15, 0.2) is 36.5 Å². The second-order valence-electron chi connectivity index (χ2n) is 4.03. The van der Waals surface area contributed by atoms with Gasteiger partial charge in [-0.15, -0.1) is 0 Å². The van der Waals surface area contributed by atoms with Gasteiger partial charge in [-0.25, -0.2) is 18.7 Å². The van der Waals surface area contributed by atoms with E-state index in [1.54, 1.807) is 6.07 Å². The molecule has 0 saturated heterocycles. The summed E-state index contributed by atoms with van der Waals surface area (Å²) in [6, 6.07) is 7.38. The third kappa shape index (κ3) is 1.90. The molecule has 3 aromatic rings. The fraction of sp³-hybridized carbons (Fsp3) is 0. The zero-order valence-electron chi connectivity index (χ0n) is 9.92. The highest BCUT2D eigenvalue weighted by Crippen LogP contribution is 2.29. The van der Waals surface area contributed by atoms with Crippen molar-refractivity contribution in [3.05, 3.63) is 53.1 Å². The first-order chi connectivity index (χ1) is 9.58. The number of aromatic carboxylic acids is 1. The minimum absolute atomic E-state index is 0.102. The van der Waals surface area contributed by atoms with Crippen LogP contribution in [0.5, 0.6) is 0 Å². The molecule has 0 saturated carbocycles. The van der Waals surface area contributed by atoms with Crippen molar-refractivity contribution >= 4 is 23.2 Å². The zero-order chi connectivity index (χ0) is 14.3. The van der Waals surface area contributed by atoms with E-state index in [1.165, 1.54) is 30.5 Å². The van der Waals surface area contributed by atoms with Gasteiger partial charge in [0, 0.05) is 0 Å². The minimum Gasteiger partial charge on any atom is -0.476 e. The van der Waals surface area contributed by atoms with Crippen molar-refractivity contribution in [1.29, 1.82) is 0 Å². The van der Waals surface area contributed by atoms with Gasteiger partial charge in [0.05, 0.1) is 22.5 Å². The smallest absolute Gasteiger partial charge is 0.356 e. The molecule has 7 heteroatoms. The van der Waals surface area contributed by atoms with E-state index >= 15 is 0 Å². The maximum absolute atomic E-state index is 13.9. The molecule has 1 N–H and O–H groups in total. The fourth-order valence-electron chi connectivity index (χ4n) is 1.89. The molecule has 0 spiro atoms. The van der Waals surface area contributed by atoms with E-state index in [9.17, 15) is 9.18 Å². The minimum atomic E-state index is -1.17. The van der Waals surface area contributed by atoms with Crippen molar-refractivity contribution in [1.82, 2.24) is 14.6 Å². The van der Waals surface area contributed by atoms with Gasteiger partial charge in [0.2, 0.25) is 0 Å². The molecule has 1 aromatic carbocycles. The van der Waals surface area contributed by atoms with E-state index in [2.05, 4.69) is 10.1 Å². The number of aromatic nitrogens is 3. The molecule has 2 heterocycles. The number of imidazole rings is 1. The van der Waals surface area contributed by atoms with Crippen molar-refractivity contribution in [2.24, 2.45) is 0 Å². The molecule has 0 bridgehead atoms. The van der Waals surface area contributed by atoms with Gasteiger partial charge in [0.1, 0.15) is 5.82 Å². The van der Waals surface area contributed by atoms with Gasteiger partial charge in [-0.2, -0.15) is 5.10 Å². The Balaban J connectivity index is 2.27. The number of hydrogen-bond acceptors (Lipinski definition) is 3. The number of rotatable bonds is 2. The lowest BCUT2D eigenvalue weighted by Gasteiger charge is -2.06. The first kappa shape index (κ1) is 12.6. The quantitative estimate of drug-likeness (QED) is 0.788. The Hall–Kier alpha value is -2.47. The Morgan fingerprint density at radius 2 is 2.10 bits per heavy atom. The summed E-state index contributed by atoms with van der Waals surface area (Å²) in [7, 11) is 0. The van der Waals surface area contributed by atoms with Crippen molar-refractivity contribution in [2.45, 2.75) is 0 Å². The van der Waals surface area contributed by atoms with Gasteiger partial charge in [-0.05, 0) is 24.3 Å². The third-order valence-corrected chi connectivity index (χ3v) is 3.12.